The van der Waals surface area contributed by atoms with Gasteiger partial charge in [-0.15, -0.1) is 0 Å². The Balaban J connectivity index is 1.72. The monoisotopic (exact) mass is 647 g/mol. The fourth-order valence-corrected chi connectivity index (χ4v) is 5.92. The number of halogens is 2. The molecule has 1 N–H and O–H groups in total. The standard InChI is InChI=1S/C29H31BrFN3O6S/c1-19(2)32-29(36)20(3)33(17-21-4-6-22(30)7-5-21)28(35)18-34(24-10-8-23(31)9-11-24)41(37,38)25-12-13-26-27(16-25)40-15-14-39-26/h4-13,16,19-20H,14-15,17-18H2,1-3H3,(H,32,36)/t20-/m1/s1. The Kier molecular flexibility index (Phi) is 9.54. The number of carbonyl (C=O) groups excluding carboxylic acids is 2. The van der Waals surface area contributed by atoms with Gasteiger partial charge >= 0.3 is 0 Å². The Morgan fingerprint density at radius 2 is 1.59 bits per heavy atom. The Morgan fingerprint density at radius 1 is 0.951 bits per heavy atom. The first-order valence-electron chi connectivity index (χ1n) is 13.0. The lowest BCUT2D eigenvalue weighted by Crippen LogP contribution is -2.52. The van der Waals surface area contributed by atoms with Crippen molar-refractivity contribution in [2.75, 3.05) is 24.1 Å². The Bertz CT molecular complexity index is 1500. The van der Waals surface area contributed by atoms with E-state index in [9.17, 15) is 22.4 Å². The number of nitrogens with zero attached hydrogens (tertiary/aromatic N) is 2. The van der Waals surface area contributed by atoms with Crippen LogP contribution in [0.25, 0.3) is 0 Å². The Labute approximate surface area is 247 Å². The summed E-state index contributed by atoms with van der Waals surface area (Å²) >= 11 is 3.39. The van der Waals surface area contributed by atoms with Crippen LogP contribution in [0.2, 0.25) is 0 Å². The number of amides is 2. The van der Waals surface area contributed by atoms with Gasteiger partial charge < -0.3 is 19.7 Å². The number of anilines is 1. The number of nitrogens with one attached hydrogen (secondary N) is 1. The number of hydrogen-bond donors (Lipinski definition) is 1. The van der Waals surface area contributed by atoms with Gasteiger partial charge in [-0.3, -0.25) is 13.9 Å². The predicted octanol–water partition coefficient (Wildman–Crippen LogP) is 4.50. The maximum absolute atomic E-state index is 14.0. The molecule has 0 spiro atoms. The van der Waals surface area contributed by atoms with Crippen LogP contribution in [0.1, 0.15) is 26.3 Å². The third kappa shape index (κ3) is 7.36. The summed E-state index contributed by atoms with van der Waals surface area (Å²) in [7, 11) is -4.35. The quantitative estimate of drug-likeness (QED) is 0.348. The number of fused-ring (bicyclic) bond motifs is 1. The molecule has 3 aromatic rings. The number of carbonyl (C=O) groups is 2. The molecule has 0 saturated carbocycles. The first kappa shape index (κ1) is 30.3. The van der Waals surface area contributed by atoms with Crippen LogP contribution in [0.3, 0.4) is 0 Å². The van der Waals surface area contributed by atoms with Crippen molar-refractivity contribution in [3.63, 3.8) is 0 Å². The van der Waals surface area contributed by atoms with Crippen molar-refractivity contribution in [3.05, 3.63) is 82.6 Å². The molecule has 0 radical (unpaired) electrons. The second-order valence-electron chi connectivity index (χ2n) is 9.78. The van der Waals surface area contributed by atoms with Crippen LogP contribution < -0.4 is 19.1 Å². The average Bonchev–Trinajstić information content (AvgIpc) is 2.95. The minimum absolute atomic E-state index is 0.0557. The molecule has 0 fully saturated rings. The Hall–Kier alpha value is -3.64. The van der Waals surface area contributed by atoms with E-state index >= 15 is 0 Å². The van der Waals surface area contributed by atoms with Gasteiger partial charge in [-0.1, -0.05) is 28.1 Å². The van der Waals surface area contributed by atoms with Gasteiger partial charge in [-0.05, 0) is 74.9 Å². The van der Waals surface area contributed by atoms with Crippen molar-refractivity contribution in [3.8, 4) is 11.5 Å². The molecule has 0 aliphatic carbocycles. The van der Waals surface area contributed by atoms with Gasteiger partial charge in [0.1, 0.15) is 31.6 Å². The molecule has 4 rings (SSSR count). The highest BCUT2D eigenvalue weighted by atomic mass is 79.9. The summed E-state index contributed by atoms with van der Waals surface area (Å²) in [4.78, 5) is 28.1. The predicted molar refractivity (Wildman–Crippen MR) is 156 cm³/mol. The van der Waals surface area contributed by atoms with Gasteiger partial charge in [-0.2, -0.15) is 0 Å². The molecule has 0 unspecified atom stereocenters. The summed E-state index contributed by atoms with van der Waals surface area (Å²) in [5.41, 5.74) is 0.825. The molecule has 0 saturated heterocycles. The van der Waals surface area contributed by atoms with Gasteiger partial charge in [-0.25, -0.2) is 12.8 Å². The molecule has 9 nitrogen and oxygen atoms in total. The van der Waals surface area contributed by atoms with Crippen molar-refractivity contribution in [1.82, 2.24) is 10.2 Å². The molecule has 1 aliphatic heterocycles. The van der Waals surface area contributed by atoms with Crippen molar-refractivity contribution in [1.29, 1.82) is 0 Å². The van der Waals surface area contributed by atoms with Crippen molar-refractivity contribution in [2.45, 2.75) is 44.3 Å². The molecular formula is C29H31BrFN3O6S. The lowest BCUT2D eigenvalue weighted by atomic mass is 10.1. The summed E-state index contributed by atoms with van der Waals surface area (Å²) < 4.78 is 54.6. The van der Waals surface area contributed by atoms with Crippen LogP contribution in [0.5, 0.6) is 11.5 Å². The van der Waals surface area contributed by atoms with E-state index in [1.807, 2.05) is 26.0 Å². The maximum atomic E-state index is 14.0. The van der Waals surface area contributed by atoms with Gasteiger partial charge in [0.15, 0.2) is 11.5 Å². The zero-order valence-corrected chi connectivity index (χ0v) is 25.2. The molecule has 1 aliphatic rings. The topological polar surface area (TPSA) is 105 Å². The van der Waals surface area contributed by atoms with Crippen LogP contribution in [0.15, 0.2) is 76.1 Å². The fraction of sp³-hybridized carbons (Fsp3) is 0.310. The lowest BCUT2D eigenvalue weighted by Gasteiger charge is -2.32. The van der Waals surface area contributed by atoms with Crippen LogP contribution in [-0.4, -0.2) is 57.0 Å². The number of sulfonamides is 1. The van der Waals surface area contributed by atoms with Crippen LogP contribution in [0, 0.1) is 5.82 Å². The van der Waals surface area contributed by atoms with E-state index < -0.39 is 34.3 Å². The fourth-order valence-electron chi connectivity index (χ4n) is 4.22. The zero-order chi connectivity index (χ0) is 29.7. The van der Waals surface area contributed by atoms with E-state index in [0.717, 1.165) is 26.5 Å². The van der Waals surface area contributed by atoms with Crippen molar-refractivity contribution < 1.29 is 31.9 Å². The van der Waals surface area contributed by atoms with Gasteiger partial charge in [0.2, 0.25) is 11.8 Å². The second kappa shape index (κ2) is 12.9. The molecular weight excluding hydrogens is 617 g/mol. The van der Waals surface area contributed by atoms with E-state index in [1.54, 1.807) is 19.1 Å². The largest absolute Gasteiger partial charge is 0.486 e. The van der Waals surface area contributed by atoms with E-state index in [-0.39, 0.29) is 41.4 Å². The van der Waals surface area contributed by atoms with Crippen LogP contribution >= 0.6 is 15.9 Å². The van der Waals surface area contributed by atoms with Crippen LogP contribution in [0.4, 0.5) is 10.1 Å². The van der Waals surface area contributed by atoms with E-state index in [2.05, 4.69) is 21.2 Å². The first-order valence-corrected chi connectivity index (χ1v) is 15.2. The lowest BCUT2D eigenvalue weighted by molar-refractivity contribution is -0.139. The van der Waals surface area contributed by atoms with Gasteiger partial charge in [0, 0.05) is 23.1 Å². The van der Waals surface area contributed by atoms with Crippen molar-refractivity contribution in [2.24, 2.45) is 0 Å². The SMILES string of the molecule is CC(C)NC(=O)[C@@H](C)N(Cc1ccc(Br)cc1)C(=O)CN(c1ccc(F)cc1)S(=O)(=O)c1ccc2c(c1)OCCO2. The summed E-state index contributed by atoms with van der Waals surface area (Å²) in [6.07, 6.45) is 0. The average molecular weight is 649 g/mol. The molecule has 41 heavy (non-hydrogen) atoms. The summed E-state index contributed by atoms with van der Waals surface area (Å²) in [6.45, 7) is 5.22. The van der Waals surface area contributed by atoms with Crippen LogP contribution in [-0.2, 0) is 26.2 Å². The molecule has 12 heteroatoms. The molecule has 3 aromatic carbocycles. The third-order valence-electron chi connectivity index (χ3n) is 6.36. The molecule has 218 valence electrons. The first-order chi connectivity index (χ1) is 19.5. The second-order valence-corrected chi connectivity index (χ2v) is 12.6. The number of benzene rings is 3. The van der Waals surface area contributed by atoms with E-state index in [4.69, 9.17) is 9.47 Å². The van der Waals surface area contributed by atoms with E-state index in [1.165, 1.54) is 35.2 Å². The maximum Gasteiger partial charge on any atom is 0.264 e. The smallest absolute Gasteiger partial charge is 0.264 e. The highest BCUT2D eigenvalue weighted by Crippen LogP contribution is 2.34. The minimum Gasteiger partial charge on any atom is -0.486 e. The molecule has 0 aromatic heterocycles. The normalized spacial score (nSPS) is 13.4. The molecule has 2 amide bonds. The summed E-state index contributed by atoms with van der Waals surface area (Å²) in [5.74, 6) is -0.894. The number of ether oxygens (including phenoxy) is 2. The number of rotatable bonds is 10. The molecule has 1 atom stereocenters. The van der Waals surface area contributed by atoms with E-state index in [0.29, 0.717) is 12.4 Å². The van der Waals surface area contributed by atoms with Gasteiger partial charge in [0.05, 0.1) is 10.6 Å². The third-order valence-corrected chi connectivity index (χ3v) is 8.66. The molecule has 0 bridgehead atoms. The van der Waals surface area contributed by atoms with Gasteiger partial charge in [0.25, 0.3) is 10.0 Å². The highest BCUT2D eigenvalue weighted by molar-refractivity contribution is 9.10. The highest BCUT2D eigenvalue weighted by Gasteiger charge is 2.33. The molecule has 1 heterocycles. The summed E-state index contributed by atoms with van der Waals surface area (Å²) in [6, 6.07) is 15.1. The zero-order valence-electron chi connectivity index (χ0n) is 22.8. The Morgan fingerprint density at radius 3 is 2.22 bits per heavy atom. The minimum atomic E-state index is -4.35. The summed E-state index contributed by atoms with van der Waals surface area (Å²) in [5, 5.41) is 2.81. The number of hydrogen-bond acceptors (Lipinski definition) is 6. The van der Waals surface area contributed by atoms with Crippen molar-refractivity contribution >= 4 is 43.5 Å².